The Morgan fingerprint density at radius 3 is 2.31 bits per heavy atom. The van der Waals surface area contributed by atoms with Gasteiger partial charge in [0.2, 0.25) is 5.91 Å². The zero-order valence-electron chi connectivity index (χ0n) is 16.4. The average Bonchev–Trinajstić information content (AvgIpc) is 3.06. The largest absolute Gasteiger partial charge is 0.340 e. The molecule has 0 saturated carbocycles. The quantitative estimate of drug-likeness (QED) is 0.620. The van der Waals surface area contributed by atoms with Crippen molar-refractivity contribution in [2.75, 3.05) is 5.32 Å². The number of carbonyl (C=O) groups excluding carboxylic acids is 2. The van der Waals surface area contributed by atoms with Crippen molar-refractivity contribution in [3.63, 3.8) is 0 Å². The predicted molar refractivity (Wildman–Crippen MR) is 113 cm³/mol. The molecule has 2 amide bonds. The number of hydrogen-bond donors (Lipinski definition) is 2. The molecule has 1 atom stereocenters. The lowest BCUT2D eigenvalue weighted by Gasteiger charge is -2.21. The summed E-state index contributed by atoms with van der Waals surface area (Å²) >= 11 is 1.34. The topological polar surface area (TPSA) is 71.1 Å². The molecule has 3 rings (SSSR count). The SMILES string of the molecule is Cc1sc(NC(=O)C(NC(=O)c2ccccc2)C(C)C)nc1-c1ccc(F)cc1. The van der Waals surface area contributed by atoms with Crippen LogP contribution in [0.15, 0.2) is 54.6 Å². The van der Waals surface area contributed by atoms with Gasteiger partial charge in [0.25, 0.3) is 5.91 Å². The fourth-order valence-corrected chi connectivity index (χ4v) is 3.70. The minimum atomic E-state index is -0.707. The summed E-state index contributed by atoms with van der Waals surface area (Å²) in [6, 6.07) is 14.1. The van der Waals surface area contributed by atoms with Crippen LogP contribution in [0.2, 0.25) is 0 Å². The number of benzene rings is 2. The van der Waals surface area contributed by atoms with Gasteiger partial charge in [0, 0.05) is 16.0 Å². The average molecular weight is 412 g/mol. The molecule has 29 heavy (non-hydrogen) atoms. The van der Waals surface area contributed by atoms with Gasteiger partial charge >= 0.3 is 0 Å². The van der Waals surface area contributed by atoms with Crippen molar-refractivity contribution in [1.82, 2.24) is 10.3 Å². The van der Waals surface area contributed by atoms with Crippen molar-refractivity contribution in [1.29, 1.82) is 0 Å². The van der Waals surface area contributed by atoms with Gasteiger partial charge in [-0.1, -0.05) is 32.0 Å². The molecule has 150 valence electrons. The number of anilines is 1. The van der Waals surface area contributed by atoms with Crippen LogP contribution < -0.4 is 10.6 Å². The number of amides is 2. The van der Waals surface area contributed by atoms with Crippen molar-refractivity contribution in [3.8, 4) is 11.3 Å². The molecule has 2 aromatic carbocycles. The molecule has 0 aliphatic heterocycles. The Morgan fingerprint density at radius 1 is 1.03 bits per heavy atom. The van der Waals surface area contributed by atoms with Crippen LogP contribution in [0, 0.1) is 18.7 Å². The van der Waals surface area contributed by atoms with E-state index in [0.29, 0.717) is 16.4 Å². The molecule has 0 saturated heterocycles. The van der Waals surface area contributed by atoms with Gasteiger partial charge in [0.05, 0.1) is 5.69 Å². The normalized spacial score (nSPS) is 11.9. The molecule has 1 unspecified atom stereocenters. The summed E-state index contributed by atoms with van der Waals surface area (Å²) < 4.78 is 13.2. The van der Waals surface area contributed by atoms with E-state index in [1.165, 1.54) is 23.5 Å². The number of thiazole rings is 1. The minimum absolute atomic E-state index is 0.111. The fourth-order valence-electron chi connectivity index (χ4n) is 2.86. The standard InChI is InChI=1S/C22H22FN3O2S/c1-13(2)18(24-20(27)16-7-5-4-6-8-16)21(28)26-22-25-19(14(3)29-22)15-9-11-17(23)12-10-15/h4-13,18H,1-3H3,(H,24,27)(H,25,26,28). The first-order valence-electron chi connectivity index (χ1n) is 9.25. The van der Waals surface area contributed by atoms with Crippen LogP contribution in [0.1, 0.15) is 29.1 Å². The molecule has 1 heterocycles. The molecule has 0 spiro atoms. The maximum atomic E-state index is 13.2. The van der Waals surface area contributed by atoms with Crippen molar-refractivity contribution >= 4 is 28.3 Å². The Bertz CT molecular complexity index is 1000. The monoisotopic (exact) mass is 411 g/mol. The summed E-state index contributed by atoms with van der Waals surface area (Å²) in [6.07, 6.45) is 0. The van der Waals surface area contributed by atoms with Crippen LogP contribution >= 0.6 is 11.3 Å². The molecule has 0 bridgehead atoms. The Hall–Kier alpha value is -3.06. The van der Waals surface area contributed by atoms with Gasteiger partial charge in [-0.15, -0.1) is 11.3 Å². The second kappa shape index (κ2) is 8.96. The number of aryl methyl sites for hydroxylation is 1. The summed E-state index contributed by atoms with van der Waals surface area (Å²) in [5.41, 5.74) is 1.97. The van der Waals surface area contributed by atoms with E-state index in [2.05, 4.69) is 15.6 Å². The van der Waals surface area contributed by atoms with E-state index in [-0.39, 0.29) is 23.5 Å². The highest BCUT2D eigenvalue weighted by Gasteiger charge is 2.26. The van der Waals surface area contributed by atoms with E-state index >= 15 is 0 Å². The van der Waals surface area contributed by atoms with E-state index in [1.807, 2.05) is 26.8 Å². The summed E-state index contributed by atoms with van der Waals surface area (Å²) in [7, 11) is 0. The first-order chi connectivity index (χ1) is 13.8. The molecule has 1 aromatic heterocycles. The van der Waals surface area contributed by atoms with Crippen LogP contribution in [0.4, 0.5) is 9.52 Å². The summed E-state index contributed by atoms with van der Waals surface area (Å²) in [4.78, 5) is 30.7. The third kappa shape index (κ3) is 5.06. The molecule has 0 radical (unpaired) electrons. The fraction of sp³-hybridized carbons (Fsp3) is 0.227. The lowest BCUT2D eigenvalue weighted by atomic mass is 10.0. The van der Waals surface area contributed by atoms with Crippen LogP contribution in [-0.4, -0.2) is 22.8 Å². The molecular weight excluding hydrogens is 389 g/mol. The first kappa shape index (κ1) is 20.7. The highest BCUT2D eigenvalue weighted by molar-refractivity contribution is 7.16. The maximum Gasteiger partial charge on any atom is 0.251 e. The molecular formula is C22H22FN3O2S. The Labute approximate surface area is 173 Å². The number of carbonyl (C=O) groups is 2. The zero-order chi connectivity index (χ0) is 21.0. The Balaban J connectivity index is 1.74. The van der Waals surface area contributed by atoms with Gasteiger partial charge in [-0.25, -0.2) is 9.37 Å². The van der Waals surface area contributed by atoms with Crippen molar-refractivity contribution in [3.05, 3.63) is 70.9 Å². The molecule has 3 aromatic rings. The van der Waals surface area contributed by atoms with Gasteiger partial charge in [-0.05, 0) is 49.2 Å². The molecule has 7 heteroatoms. The number of nitrogens with zero attached hydrogens (tertiary/aromatic N) is 1. The van der Waals surface area contributed by atoms with Crippen molar-refractivity contribution in [2.24, 2.45) is 5.92 Å². The van der Waals surface area contributed by atoms with E-state index in [9.17, 15) is 14.0 Å². The number of rotatable bonds is 6. The highest BCUT2D eigenvalue weighted by atomic mass is 32.1. The van der Waals surface area contributed by atoms with Crippen LogP contribution in [-0.2, 0) is 4.79 Å². The van der Waals surface area contributed by atoms with E-state index in [4.69, 9.17) is 0 Å². The van der Waals surface area contributed by atoms with Gasteiger partial charge in [-0.3, -0.25) is 9.59 Å². The van der Waals surface area contributed by atoms with Gasteiger partial charge < -0.3 is 10.6 Å². The van der Waals surface area contributed by atoms with Crippen LogP contribution in [0.5, 0.6) is 0 Å². The summed E-state index contributed by atoms with van der Waals surface area (Å²) in [6.45, 7) is 5.63. The smallest absolute Gasteiger partial charge is 0.251 e. The Kier molecular flexibility index (Phi) is 6.39. The third-order valence-corrected chi connectivity index (χ3v) is 5.30. The number of aromatic nitrogens is 1. The molecule has 5 nitrogen and oxygen atoms in total. The van der Waals surface area contributed by atoms with Crippen molar-refractivity contribution < 1.29 is 14.0 Å². The van der Waals surface area contributed by atoms with E-state index in [0.717, 1.165) is 10.4 Å². The maximum absolute atomic E-state index is 13.2. The van der Waals surface area contributed by atoms with E-state index in [1.54, 1.807) is 36.4 Å². The molecule has 0 fully saturated rings. The number of halogens is 1. The molecule has 0 aliphatic rings. The lowest BCUT2D eigenvalue weighted by molar-refractivity contribution is -0.118. The second-order valence-corrected chi connectivity index (χ2v) is 8.18. The Morgan fingerprint density at radius 2 is 1.69 bits per heavy atom. The number of nitrogens with one attached hydrogen (secondary N) is 2. The summed E-state index contributed by atoms with van der Waals surface area (Å²) in [5.74, 6) is -1.06. The molecule has 2 N–H and O–H groups in total. The van der Waals surface area contributed by atoms with E-state index < -0.39 is 6.04 Å². The number of hydrogen-bond acceptors (Lipinski definition) is 4. The predicted octanol–water partition coefficient (Wildman–Crippen LogP) is 4.65. The van der Waals surface area contributed by atoms with Gasteiger partial charge in [0.1, 0.15) is 11.9 Å². The highest BCUT2D eigenvalue weighted by Crippen LogP contribution is 2.30. The lowest BCUT2D eigenvalue weighted by Crippen LogP contribution is -2.47. The van der Waals surface area contributed by atoms with Crippen LogP contribution in [0.25, 0.3) is 11.3 Å². The molecule has 0 aliphatic carbocycles. The van der Waals surface area contributed by atoms with Crippen molar-refractivity contribution in [2.45, 2.75) is 26.8 Å². The van der Waals surface area contributed by atoms with Crippen LogP contribution in [0.3, 0.4) is 0 Å². The zero-order valence-corrected chi connectivity index (χ0v) is 17.2. The van der Waals surface area contributed by atoms with Gasteiger partial charge in [-0.2, -0.15) is 0 Å². The first-order valence-corrected chi connectivity index (χ1v) is 10.1. The van der Waals surface area contributed by atoms with Gasteiger partial charge in [0.15, 0.2) is 5.13 Å². The second-order valence-electron chi connectivity index (χ2n) is 6.98. The summed E-state index contributed by atoms with van der Waals surface area (Å²) in [5, 5.41) is 6.04. The third-order valence-electron chi connectivity index (χ3n) is 4.42. The minimum Gasteiger partial charge on any atom is -0.340 e.